The smallest absolute Gasteiger partial charge is 0.756 e. The van der Waals surface area contributed by atoms with Crippen molar-refractivity contribution in [3.63, 3.8) is 0 Å². The zero-order valence-electron chi connectivity index (χ0n) is 86.2. The van der Waals surface area contributed by atoms with Crippen molar-refractivity contribution in [3.05, 3.63) is 0 Å². The second-order valence-electron chi connectivity index (χ2n) is 35.5. The first-order chi connectivity index (χ1) is 59.7. The maximum absolute atomic E-state index is 11.8. The van der Waals surface area contributed by atoms with Gasteiger partial charge >= 0.3 is 21.1 Å². The molecule has 0 aliphatic heterocycles. The third-order valence-corrected chi connectivity index (χ3v) is 29.2. The van der Waals surface area contributed by atoms with E-state index in [4.69, 9.17) is 54.3 Å². The van der Waals surface area contributed by atoms with Crippen LogP contribution in [0.2, 0.25) is 0 Å². The van der Waals surface area contributed by atoms with E-state index in [0.29, 0.717) is 35.5 Å². The van der Waals surface area contributed by atoms with E-state index >= 15 is 0 Å². The average molecular weight is 2020 g/mol. The molecule has 0 aliphatic carbocycles. The first-order valence-electron chi connectivity index (χ1n) is 51.5. The molecule has 0 amide bonds. The van der Waals surface area contributed by atoms with E-state index in [0.717, 1.165) is 270 Å². The number of hydrogen-bond donors (Lipinski definition) is 0. The first kappa shape index (κ1) is 141. The van der Waals surface area contributed by atoms with Crippen LogP contribution in [0.15, 0.2) is 0 Å². The molecule has 0 aromatic rings. The van der Waals surface area contributed by atoms with Crippen LogP contribution in [0, 0.1) is 35.5 Å². The molecule has 18 unspecified atom stereocenters. The van der Waals surface area contributed by atoms with Gasteiger partial charge in [-0.15, -0.1) is 0 Å². The molecule has 0 aromatic heterocycles. The summed E-state index contributed by atoms with van der Waals surface area (Å²) in [7, 11) is -24.9. The van der Waals surface area contributed by atoms with E-state index in [1.165, 1.54) is 77.0 Å². The molecular weight excluding hydrogens is 1820 g/mol. The molecule has 31 heteroatoms. The second-order valence-corrected chi connectivity index (χ2v) is 43.7. The fourth-order valence-corrected chi connectivity index (χ4v) is 19.5. The van der Waals surface area contributed by atoms with E-state index in [9.17, 15) is 56.8 Å². The molecule has 127 heavy (non-hydrogen) atoms. The normalized spacial score (nSPS) is 17.2. The van der Waals surface area contributed by atoms with E-state index in [1.54, 1.807) is 41.5 Å². The minimum atomic E-state index is -4.15. The Labute approximate surface area is 798 Å². The summed E-state index contributed by atoms with van der Waals surface area (Å²) >= 11 is 0. The maximum Gasteiger partial charge on any atom is 6.00 e. The molecule has 0 aromatic carbocycles. The van der Waals surface area contributed by atoms with Crippen LogP contribution >= 0.6 is 46.9 Å². The van der Waals surface area contributed by atoms with Crippen LogP contribution in [0.3, 0.4) is 0 Å². The van der Waals surface area contributed by atoms with Gasteiger partial charge in [0.1, 0.15) is 0 Å². The summed E-state index contributed by atoms with van der Waals surface area (Å²) in [4.78, 5) is 70.8. The number of phosphoric acid groups is 6. The molecule has 0 radical (unpaired) electrons. The van der Waals surface area contributed by atoms with Gasteiger partial charge in [-0.2, -0.15) is 0 Å². The van der Waals surface area contributed by atoms with Crippen LogP contribution < -0.4 is 29.4 Å². The van der Waals surface area contributed by atoms with Crippen molar-refractivity contribution in [1.82, 2.24) is 0 Å². The molecular formula is C96H204MoO24P6. The minimum absolute atomic E-state index is 0. The Bertz CT molecular complexity index is 2140. The van der Waals surface area contributed by atoms with Crippen molar-refractivity contribution in [1.29, 1.82) is 0 Å². The van der Waals surface area contributed by atoms with Crippen molar-refractivity contribution in [2.45, 2.75) is 550 Å². The summed E-state index contributed by atoms with van der Waals surface area (Å²) in [6, 6.07) is 0. The van der Waals surface area contributed by atoms with Crippen LogP contribution in [0.4, 0.5) is 0 Å². The van der Waals surface area contributed by atoms with Crippen LogP contribution in [-0.4, -0.2) is 76.3 Å². The minimum Gasteiger partial charge on any atom is -0.756 e. The monoisotopic (exact) mass is 2030 g/mol. The van der Waals surface area contributed by atoms with Crippen molar-refractivity contribution in [2.75, 3.05) is 39.6 Å². The van der Waals surface area contributed by atoms with Crippen molar-refractivity contribution in [3.8, 4) is 0 Å². The van der Waals surface area contributed by atoms with Gasteiger partial charge in [0.25, 0.3) is 46.9 Å². The Balaban J connectivity index is -0.000000272. The van der Waals surface area contributed by atoms with Crippen LogP contribution in [0.25, 0.3) is 0 Å². The van der Waals surface area contributed by atoms with Crippen LogP contribution in [0.1, 0.15) is 513 Å². The molecule has 0 aliphatic rings. The fourth-order valence-electron chi connectivity index (χ4n) is 13.5. The summed E-state index contributed by atoms with van der Waals surface area (Å²) in [6.07, 6.45) is 54.9. The van der Waals surface area contributed by atoms with Gasteiger partial charge in [0.05, 0.1) is 76.3 Å². The van der Waals surface area contributed by atoms with Gasteiger partial charge in [0, 0.05) is 0 Å². The van der Waals surface area contributed by atoms with Gasteiger partial charge < -0.3 is 83.6 Å². The number of phosphoric ester groups is 6. The molecule has 0 N–H and O–H groups in total. The molecule has 24 nitrogen and oxygen atoms in total. The molecule has 0 bridgehead atoms. The number of unbranched alkanes of at least 4 members (excludes halogenated alkanes) is 24. The topological polar surface area (TPSA) is 352 Å². The Morgan fingerprint density at radius 2 is 0.283 bits per heavy atom. The second kappa shape index (κ2) is 96.2. The molecule has 0 fully saturated rings. The predicted octanol–water partition coefficient (Wildman–Crippen LogP) is 30.4. The Hall–Kier alpha value is 1.35. The molecule has 0 rings (SSSR count). The standard InChI is InChI=1S/6C16H35O4P.Mo/c6*1-5-8-10-11-12-15(4)20-21(17,18)19-14-16(7-3)13-9-6-2;/h6*15-16H,5-14H2,1-4H3,(H,17,18);/q;;;;;;+6/p-6. The maximum atomic E-state index is 11.8. The summed E-state index contributed by atoms with van der Waals surface area (Å²) < 4.78 is 132. The van der Waals surface area contributed by atoms with Gasteiger partial charge in [-0.05, 0) is 154 Å². The SMILES string of the molecule is CCCCCCC(C)OP(=O)([O-])OCC(CC)CCCC.CCCCCCC(C)OP(=O)([O-])OCC(CC)CCCC.CCCCCCC(C)OP(=O)([O-])OCC(CC)CCCC.CCCCCCC(C)OP(=O)([O-])OCC(CC)CCCC.CCCCCCC(C)OP(=O)([O-])OCC(CC)CCCC.CCCCCCC(C)OP(=O)([O-])OCC(CC)CCCC.[Mo+6]. The molecule has 18 atom stereocenters. The van der Waals surface area contributed by atoms with E-state index in [1.807, 2.05) is 0 Å². The van der Waals surface area contributed by atoms with E-state index in [2.05, 4.69) is 125 Å². The van der Waals surface area contributed by atoms with Gasteiger partial charge in [0.15, 0.2) is 0 Å². The first-order valence-corrected chi connectivity index (χ1v) is 60.3. The van der Waals surface area contributed by atoms with Crippen molar-refractivity contribution in [2.24, 2.45) is 35.5 Å². The third kappa shape index (κ3) is 103. The predicted molar refractivity (Wildman–Crippen MR) is 517 cm³/mol. The Morgan fingerprint density at radius 1 is 0.173 bits per heavy atom. The van der Waals surface area contributed by atoms with Gasteiger partial charge in [0.2, 0.25) is 0 Å². The summed E-state index contributed by atoms with van der Waals surface area (Å²) in [6.45, 7) is 50.4. The molecule has 0 heterocycles. The van der Waals surface area contributed by atoms with E-state index < -0.39 is 46.9 Å². The number of rotatable bonds is 84. The zero-order valence-corrected chi connectivity index (χ0v) is 93.6. The summed E-state index contributed by atoms with van der Waals surface area (Å²) in [5, 5.41) is 0. The molecule has 0 spiro atoms. The van der Waals surface area contributed by atoms with Gasteiger partial charge in [-0.25, -0.2) is 0 Å². The fraction of sp³-hybridized carbons (Fsp3) is 1.00. The summed E-state index contributed by atoms with van der Waals surface area (Å²) in [5.74, 6) is 1.81. The van der Waals surface area contributed by atoms with Crippen LogP contribution in [0.5, 0.6) is 0 Å². The Morgan fingerprint density at radius 3 is 0.378 bits per heavy atom. The third-order valence-electron chi connectivity index (χ3n) is 22.7. The quantitative estimate of drug-likeness (QED) is 0.0310. The number of hydrogen-bond acceptors (Lipinski definition) is 24. The van der Waals surface area contributed by atoms with E-state index in [-0.39, 0.29) is 97.3 Å². The molecule has 0 saturated carbocycles. The van der Waals surface area contributed by atoms with Crippen molar-refractivity contribution >= 4 is 46.9 Å². The average Bonchev–Trinajstić information content (AvgIpc) is 0.932. The molecule has 768 valence electrons. The Kier molecular flexibility index (Phi) is 107. The van der Waals surface area contributed by atoms with Crippen molar-refractivity contribution < 1.29 is 132 Å². The van der Waals surface area contributed by atoms with Crippen LogP contribution in [-0.2, 0) is 103 Å². The summed E-state index contributed by atoms with van der Waals surface area (Å²) in [5.41, 5.74) is 0. The largest absolute Gasteiger partial charge is 6.00 e. The van der Waals surface area contributed by atoms with Gasteiger partial charge in [-0.1, -0.05) is 394 Å². The van der Waals surface area contributed by atoms with Gasteiger partial charge in [-0.3, -0.25) is 27.4 Å². The molecule has 0 saturated heterocycles. The zero-order chi connectivity index (χ0) is 96.8.